The van der Waals surface area contributed by atoms with E-state index in [0.717, 1.165) is 17.5 Å². The number of aliphatic hydroxyl groups is 1. The first-order valence-corrected chi connectivity index (χ1v) is 6.81. The quantitative estimate of drug-likeness (QED) is 0.777. The van der Waals surface area contributed by atoms with E-state index in [2.05, 4.69) is 0 Å². The lowest BCUT2D eigenvalue weighted by Gasteiger charge is -2.11. The molecule has 106 valence electrons. The second-order valence-corrected chi connectivity index (χ2v) is 4.75. The summed E-state index contributed by atoms with van der Waals surface area (Å²) in [5.41, 5.74) is 1.89. The van der Waals surface area contributed by atoms with Crippen molar-refractivity contribution in [2.24, 2.45) is 0 Å². The summed E-state index contributed by atoms with van der Waals surface area (Å²) in [7, 11) is 0. The molecule has 0 amide bonds. The molecule has 0 heterocycles. The molecular formula is C17H19FO2. The van der Waals surface area contributed by atoms with Crippen molar-refractivity contribution in [1.29, 1.82) is 0 Å². The molecule has 0 spiro atoms. The number of hydrogen-bond donors (Lipinski definition) is 1. The summed E-state index contributed by atoms with van der Waals surface area (Å²) >= 11 is 0. The van der Waals surface area contributed by atoms with Gasteiger partial charge in [0.1, 0.15) is 5.82 Å². The number of rotatable bonds is 7. The van der Waals surface area contributed by atoms with Gasteiger partial charge in [-0.3, -0.25) is 0 Å². The maximum Gasteiger partial charge on any atom is 0.123 e. The van der Waals surface area contributed by atoms with Crippen LogP contribution < -0.4 is 0 Å². The lowest BCUT2D eigenvalue weighted by atomic mass is 10.1. The number of hydrogen-bond acceptors (Lipinski definition) is 2. The van der Waals surface area contributed by atoms with E-state index in [1.54, 1.807) is 12.1 Å². The Hall–Kier alpha value is -1.71. The number of benzene rings is 2. The van der Waals surface area contributed by atoms with Crippen molar-refractivity contribution in [2.45, 2.75) is 25.6 Å². The molecule has 0 fully saturated rings. The van der Waals surface area contributed by atoms with Gasteiger partial charge in [0.05, 0.1) is 12.7 Å². The number of halogens is 1. The maximum absolute atomic E-state index is 12.7. The Kier molecular flexibility index (Phi) is 5.71. The van der Waals surface area contributed by atoms with Crippen molar-refractivity contribution in [3.05, 3.63) is 71.5 Å². The monoisotopic (exact) mass is 274 g/mol. The molecule has 2 aromatic rings. The van der Waals surface area contributed by atoms with E-state index >= 15 is 0 Å². The summed E-state index contributed by atoms with van der Waals surface area (Å²) in [4.78, 5) is 0. The number of ether oxygens (including phenoxy) is 1. The predicted octanol–water partition coefficient (Wildman–Crippen LogP) is 3.86. The average molecular weight is 274 g/mol. The fourth-order valence-corrected chi connectivity index (χ4v) is 1.99. The van der Waals surface area contributed by atoms with Crippen molar-refractivity contribution >= 4 is 0 Å². The van der Waals surface area contributed by atoms with E-state index in [-0.39, 0.29) is 5.82 Å². The van der Waals surface area contributed by atoms with Crippen LogP contribution in [0.3, 0.4) is 0 Å². The van der Waals surface area contributed by atoms with Crippen LogP contribution in [0.4, 0.5) is 4.39 Å². The topological polar surface area (TPSA) is 29.5 Å². The van der Waals surface area contributed by atoms with Gasteiger partial charge < -0.3 is 9.84 Å². The van der Waals surface area contributed by atoms with Crippen molar-refractivity contribution in [3.8, 4) is 0 Å². The minimum Gasteiger partial charge on any atom is -0.388 e. The van der Waals surface area contributed by atoms with Crippen molar-refractivity contribution in [3.63, 3.8) is 0 Å². The molecule has 2 aromatic carbocycles. The minimum absolute atomic E-state index is 0.236. The first kappa shape index (κ1) is 14.7. The molecule has 2 nitrogen and oxygen atoms in total. The lowest BCUT2D eigenvalue weighted by molar-refractivity contribution is 0.0972. The zero-order valence-corrected chi connectivity index (χ0v) is 11.3. The summed E-state index contributed by atoms with van der Waals surface area (Å²) in [5.74, 6) is -0.236. The van der Waals surface area contributed by atoms with Gasteiger partial charge in [-0.05, 0) is 36.1 Å². The molecule has 0 aromatic heterocycles. The fourth-order valence-electron chi connectivity index (χ4n) is 1.99. The summed E-state index contributed by atoms with van der Waals surface area (Å²) in [6.07, 6.45) is 1.02. The molecule has 0 aliphatic rings. The first-order valence-electron chi connectivity index (χ1n) is 6.81. The van der Waals surface area contributed by atoms with Crippen LogP contribution in [-0.4, -0.2) is 11.7 Å². The molecule has 0 bridgehead atoms. The molecule has 0 saturated heterocycles. The van der Waals surface area contributed by atoms with E-state index in [9.17, 15) is 9.50 Å². The maximum atomic E-state index is 12.7. The Labute approximate surface area is 118 Å². The van der Waals surface area contributed by atoms with Crippen molar-refractivity contribution in [2.75, 3.05) is 6.61 Å². The van der Waals surface area contributed by atoms with E-state index in [4.69, 9.17) is 4.74 Å². The summed E-state index contributed by atoms with van der Waals surface area (Å²) < 4.78 is 18.2. The highest BCUT2D eigenvalue weighted by atomic mass is 19.1. The largest absolute Gasteiger partial charge is 0.388 e. The zero-order valence-electron chi connectivity index (χ0n) is 11.3. The van der Waals surface area contributed by atoms with Crippen LogP contribution in [0.5, 0.6) is 0 Å². The van der Waals surface area contributed by atoms with Crippen LogP contribution in [-0.2, 0) is 11.3 Å². The van der Waals surface area contributed by atoms with Crippen LogP contribution in [0.1, 0.15) is 30.1 Å². The fraction of sp³-hybridized carbons (Fsp3) is 0.294. The van der Waals surface area contributed by atoms with Crippen LogP contribution >= 0.6 is 0 Å². The lowest BCUT2D eigenvalue weighted by Crippen LogP contribution is -2.01. The van der Waals surface area contributed by atoms with Gasteiger partial charge in [-0.15, -0.1) is 0 Å². The van der Waals surface area contributed by atoms with Gasteiger partial charge >= 0.3 is 0 Å². The predicted molar refractivity (Wildman–Crippen MR) is 76.7 cm³/mol. The molecule has 1 unspecified atom stereocenters. The van der Waals surface area contributed by atoms with Crippen LogP contribution in [0.15, 0.2) is 54.6 Å². The van der Waals surface area contributed by atoms with Gasteiger partial charge in [0, 0.05) is 6.61 Å². The smallest absolute Gasteiger partial charge is 0.123 e. The van der Waals surface area contributed by atoms with Gasteiger partial charge in [-0.25, -0.2) is 4.39 Å². The Morgan fingerprint density at radius 1 is 1.00 bits per heavy atom. The normalized spacial score (nSPS) is 12.3. The Morgan fingerprint density at radius 2 is 1.70 bits per heavy atom. The highest BCUT2D eigenvalue weighted by Crippen LogP contribution is 2.17. The Bertz CT molecular complexity index is 496. The molecule has 3 heteroatoms. The molecule has 2 rings (SSSR count). The van der Waals surface area contributed by atoms with Gasteiger partial charge in [0.15, 0.2) is 0 Å². The molecule has 0 aliphatic heterocycles. The summed E-state index contributed by atoms with van der Waals surface area (Å²) in [6.45, 7) is 1.06. The molecule has 1 atom stereocenters. The highest BCUT2D eigenvalue weighted by molar-refractivity contribution is 5.17. The third-order valence-corrected chi connectivity index (χ3v) is 3.13. The summed E-state index contributed by atoms with van der Waals surface area (Å²) in [5, 5.41) is 9.97. The third-order valence-electron chi connectivity index (χ3n) is 3.13. The van der Waals surface area contributed by atoms with Crippen molar-refractivity contribution < 1.29 is 14.2 Å². The second kappa shape index (κ2) is 7.78. The van der Waals surface area contributed by atoms with Crippen LogP contribution in [0, 0.1) is 5.82 Å². The molecule has 0 saturated carbocycles. The van der Waals surface area contributed by atoms with Crippen molar-refractivity contribution in [1.82, 2.24) is 0 Å². The van der Waals surface area contributed by atoms with Crippen LogP contribution in [0.25, 0.3) is 0 Å². The molecule has 20 heavy (non-hydrogen) atoms. The molecule has 0 aliphatic carbocycles. The SMILES string of the molecule is OC(CCCOCc1ccc(F)cc1)c1ccccc1. The van der Waals surface area contributed by atoms with E-state index in [0.29, 0.717) is 19.6 Å². The third kappa shape index (κ3) is 4.76. The summed E-state index contributed by atoms with van der Waals surface area (Å²) in [6, 6.07) is 15.9. The van der Waals surface area contributed by atoms with E-state index < -0.39 is 6.10 Å². The zero-order chi connectivity index (χ0) is 14.2. The van der Waals surface area contributed by atoms with Gasteiger partial charge in [-0.1, -0.05) is 42.5 Å². The first-order chi connectivity index (χ1) is 9.75. The minimum atomic E-state index is -0.439. The van der Waals surface area contributed by atoms with Gasteiger partial charge in [0.25, 0.3) is 0 Å². The van der Waals surface area contributed by atoms with E-state index in [1.807, 2.05) is 30.3 Å². The molecule has 1 N–H and O–H groups in total. The molecular weight excluding hydrogens is 255 g/mol. The standard InChI is InChI=1S/C17H19FO2/c18-16-10-8-14(9-11-16)13-20-12-4-7-17(19)15-5-2-1-3-6-15/h1-3,5-6,8-11,17,19H,4,7,12-13H2. The Morgan fingerprint density at radius 3 is 2.40 bits per heavy atom. The number of aliphatic hydroxyl groups excluding tert-OH is 1. The second-order valence-electron chi connectivity index (χ2n) is 4.75. The highest BCUT2D eigenvalue weighted by Gasteiger charge is 2.05. The average Bonchev–Trinajstić information content (AvgIpc) is 2.49. The molecule has 0 radical (unpaired) electrons. The van der Waals surface area contributed by atoms with E-state index in [1.165, 1.54) is 12.1 Å². The van der Waals surface area contributed by atoms with Crippen LogP contribution in [0.2, 0.25) is 0 Å². The Balaban J connectivity index is 1.63. The van der Waals surface area contributed by atoms with Gasteiger partial charge in [-0.2, -0.15) is 0 Å². The van der Waals surface area contributed by atoms with Gasteiger partial charge in [0.2, 0.25) is 0 Å².